The molecule has 0 radical (unpaired) electrons. The zero-order valence-corrected chi connectivity index (χ0v) is 12.2. The minimum atomic E-state index is -3.23. The second-order valence-corrected chi connectivity index (χ2v) is 8.06. The van der Waals surface area contributed by atoms with E-state index < -0.39 is 20.6 Å². The number of sulfone groups is 1. The molecule has 2 aromatic carbocycles. The lowest BCUT2D eigenvalue weighted by Gasteiger charge is -2.30. The van der Waals surface area contributed by atoms with Gasteiger partial charge < -0.3 is 5.73 Å². The topological polar surface area (TPSA) is 60.2 Å². The number of nitrogens with two attached hydrogens (primary N) is 1. The highest BCUT2D eigenvalue weighted by atomic mass is 32.2. The molecule has 2 aromatic rings. The van der Waals surface area contributed by atoms with Crippen molar-refractivity contribution in [3.05, 3.63) is 48.0 Å². The summed E-state index contributed by atoms with van der Waals surface area (Å²) in [6.07, 6.45) is 1.23. The molecule has 102 valence electrons. The first-order valence-electron chi connectivity index (χ1n) is 6.17. The Labute approximate surface area is 114 Å². The van der Waals surface area contributed by atoms with E-state index in [0.717, 1.165) is 16.3 Å². The highest BCUT2D eigenvalue weighted by Gasteiger charge is 2.37. The van der Waals surface area contributed by atoms with E-state index >= 15 is 0 Å². The quantitative estimate of drug-likeness (QED) is 0.938. The molecule has 0 amide bonds. The van der Waals surface area contributed by atoms with Crippen molar-refractivity contribution in [1.29, 1.82) is 0 Å². The summed E-state index contributed by atoms with van der Waals surface area (Å²) in [5.41, 5.74) is 7.01. The average Bonchev–Trinajstić information content (AvgIpc) is 2.36. The predicted molar refractivity (Wildman–Crippen MR) is 79.8 cm³/mol. The van der Waals surface area contributed by atoms with Crippen LogP contribution in [-0.2, 0) is 9.84 Å². The monoisotopic (exact) mass is 277 g/mol. The Balaban J connectivity index is 2.50. The van der Waals surface area contributed by atoms with Crippen LogP contribution in [0.1, 0.15) is 25.5 Å². The molecule has 2 N–H and O–H groups in total. The van der Waals surface area contributed by atoms with Crippen LogP contribution in [0, 0.1) is 0 Å². The zero-order chi connectivity index (χ0) is 14.3. The normalized spacial score (nSPS) is 14.5. The van der Waals surface area contributed by atoms with E-state index in [1.807, 2.05) is 42.5 Å². The Morgan fingerprint density at radius 2 is 1.63 bits per heavy atom. The van der Waals surface area contributed by atoms with Gasteiger partial charge in [0.1, 0.15) is 0 Å². The summed E-state index contributed by atoms with van der Waals surface area (Å²) < 4.78 is 22.7. The third-order valence-electron chi connectivity index (χ3n) is 3.84. The minimum absolute atomic E-state index is 0.549. The summed E-state index contributed by atoms with van der Waals surface area (Å²) in [7, 11) is -3.23. The summed E-state index contributed by atoms with van der Waals surface area (Å²) >= 11 is 0. The first-order chi connectivity index (χ1) is 8.73. The Morgan fingerprint density at radius 3 is 2.21 bits per heavy atom. The summed E-state index contributed by atoms with van der Waals surface area (Å²) in [4.78, 5) is 0. The van der Waals surface area contributed by atoms with Crippen LogP contribution in [-0.4, -0.2) is 19.4 Å². The fourth-order valence-electron chi connectivity index (χ4n) is 2.03. The van der Waals surface area contributed by atoms with Crippen molar-refractivity contribution in [2.24, 2.45) is 5.73 Å². The summed E-state index contributed by atoms with van der Waals surface area (Å²) in [5.74, 6) is 0. The fraction of sp³-hybridized carbons (Fsp3) is 0.333. The van der Waals surface area contributed by atoms with Crippen LogP contribution in [0.4, 0.5) is 0 Å². The van der Waals surface area contributed by atoms with Gasteiger partial charge in [0.2, 0.25) is 0 Å². The van der Waals surface area contributed by atoms with Gasteiger partial charge in [0.05, 0.1) is 4.75 Å². The lowest BCUT2D eigenvalue weighted by atomic mass is 9.94. The van der Waals surface area contributed by atoms with Crippen molar-refractivity contribution >= 4 is 20.6 Å². The highest BCUT2D eigenvalue weighted by molar-refractivity contribution is 7.92. The third-order valence-corrected chi connectivity index (χ3v) is 6.00. The van der Waals surface area contributed by atoms with Gasteiger partial charge in [-0.2, -0.15) is 0 Å². The largest absolute Gasteiger partial charge is 0.323 e. The Bertz CT molecular complexity index is 705. The van der Waals surface area contributed by atoms with Crippen LogP contribution in [0.3, 0.4) is 0 Å². The van der Waals surface area contributed by atoms with Crippen LogP contribution < -0.4 is 5.73 Å². The lowest BCUT2D eigenvalue weighted by Crippen LogP contribution is -2.42. The van der Waals surface area contributed by atoms with Crippen molar-refractivity contribution < 1.29 is 8.42 Å². The summed E-state index contributed by atoms with van der Waals surface area (Å²) in [6, 6.07) is 13.2. The van der Waals surface area contributed by atoms with Gasteiger partial charge in [0.25, 0.3) is 0 Å². The van der Waals surface area contributed by atoms with Crippen molar-refractivity contribution in [3.63, 3.8) is 0 Å². The van der Waals surface area contributed by atoms with Gasteiger partial charge in [-0.1, -0.05) is 36.4 Å². The molecule has 0 heterocycles. The maximum absolute atomic E-state index is 11.9. The third kappa shape index (κ3) is 2.51. The van der Waals surface area contributed by atoms with E-state index in [-0.39, 0.29) is 0 Å². The second kappa shape index (κ2) is 4.62. The maximum atomic E-state index is 11.9. The average molecular weight is 277 g/mol. The van der Waals surface area contributed by atoms with Crippen molar-refractivity contribution in [2.75, 3.05) is 6.26 Å². The van der Waals surface area contributed by atoms with Gasteiger partial charge in [-0.25, -0.2) is 8.42 Å². The molecule has 0 aliphatic rings. The van der Waals surface area contributed by atoms with Crippen molar-refractivity contribution in [1.82, 2.24) is 0 Å². The first kappa shape index (κ1) is 14.0. The summed E-state index contributed by atoms with van der Waals surface area (Å²) in [6.45, 7) is 3.34. The predicted octanol–water partition coefficient (Wildman–Crippen LogP) is 2.66. The van der Waals surface area contributed by atoms with Crippen LogP contribution in [0.2, 0.25) is 0 Å². The maximum Gasteiger partial charge on any atom is 0.154 e. The van der Waals surface area contributed by atoms with Crippen LogP contribution in [0.25, 0.3) is 10.8 Å². The van der Waals surface area contributed by atoms with Crippen LogP contribution in [0.15, 0.2) is 42.5 Å². The molecule has 1 unspecified atom stereocenters. The number of hydrogen-bond donors (Lipinski definition) is 1. The Hall–Kier alpha value is -1.39. The molecule has 3 nitrogen and oxygen atoms in total. The van der Waals surface area contributed by atoms with Crippen molar-refractivity contribution in [3.8, 4) is 0 Å². The van der Waals surface area contributed by atoms with E-state index in [1.165, 1.54) is 6.26 Å². The fourth-order valence-corrected chi connectivity index (χ4v) is 2.63. The first-order valence-corrected chi connectivity index (χ1v) is 8.06. The number of fused-ring (bicyclic) bond motifs is 1. The molecule has 0 spiro atoms. The van der Waals surface area contributed by atoms with Crippen LogP contribution >= 0.6 is 0 Å². The standard InChI is InChI=1S/C15H19NO2S/c1-15(2,19(3,17)18)14(16)13-9-8-11-6-4-5-7-12(11)10-13/h4-10,14H,16H2,1-3H3. The van der Waals surface area contributed by atoms with E-state index in [0.29, 0.717) is 0 Å². The van der Waals surface area contributed by atoms with E-state index in [1.54, 1.807) is 13.8 Å². The molecule has 0 aliphatic carbocycles. The Morgan fingerprint density at radius 1 is 1.05 bits per heavy atom. The molecule has 4 heteroatoms. The molecule has 2 rings (SSSR count). The van der Waals surface area contributed by atoms with Gasteiger partial charge >= 0.3 is 0 Å². The van der Waals surface area contributed by atoms with Crippen molar-refractivity contribution in [2.45, 2.75) is 24.6 Å². The second-order valence-electron chi connectivity index (χ2n) is 5.46. The molecular formula is C15H19NO2S. The molecule has 0 aliphatic heterocycles. The van der Waals surface area contributed by atoms with Crippen LogP contribution in [0.5, 0.6) is 0 Å². The molecular weight excluding hydrogens is 258 g/mol. The molecule has 0 bridgehead atoms. The molecule has 1 atom stereocenters. The van der Waals surface area contributed by atoms with Gasteiger partial charge in [-0.15, -0.1) is 0 Å². The van der Waals surface area contributed by atoms with Gasteiger partial charge in [-0.3, -0.25) is 0 Å². The van der Waals surface area contributed by atoms with Gasteiger partial charge in [0.15, 0.2) is 9.84 Å². The van der Waals surface area contributed by atoms with Gasteiger partial charge in [0, 0.05) is 12.3 Å². The van der Waals surface area contributed by atoms with E-state index in [2.05, 4.69) is 0 Å². The molecule has 0 aromatic heterocycles. The summed E-state index contributed by atoms with van der Waals surface area (Å²) in [5, 5.41) is 2.19. The number of hydrogen-bond acceptors (Lipinski definition) is 3. The SMILES string of the molecule is CC(C)(C(N)c1ccc2ccccc2c1)S(C)(=O)=O. The van der Waals surface area contributed by atoms with Gasteiger partial charge in [-0.05, 0) is 36.2 Å². The molecule has 0 saturated heterocycles. The molecule has 0 saturated carbocycles. The van der Waals surface area contributed by atoms with E-state index in [9.17, 15) is 8.42 Å². The molecule has 0 fully saturated rings. The van der Waals surface area contributed by atoms with E-state index in [4.69, 9.17) is 5.73 Å². The lowest BCUT2D eigenvalue weighted by molar-refractivity contribution is 0.497. The zero-order valence-electron chi connectivity index (χ0n) is 11.4. The Kier molecular flexibility index (Phi) is 3.41. The smallest absolute Gasteiger partial charge is 0.154 e. The highest BCUT2D eigenvalue weighted by Crippen LogP contribution is 2.31. The minimum Gasteiger partial charge on any atom is -0.323 e. The number of rotatable bonds is 3. The number of benzene rings is 2. The molecule has 19 heavy (non-hydrogen) atoms.